The molecule has 0 radical (unpaired) electrons. The van der Waals surface area contributed by atoms with E-state index in [9.17, 15) is 14.0 Å². The third-order valence-corrected chi connectivity index (χ3v) is 7.32. The zero-order valence-corrected chi connectivity index (χ0v) is 21.8. The van der Waals surface area contributed by atoms with Crippen LogP contribution in [0.1, 0.15) is 33.3 Å². The molecule has 196 valence electrons. The maximum Gasteiger partial charge on any atom is 0.254 e. The highest BCUT2D eigenvalue weighted by Gasteiger charge is 2.33. The second kappa shape index (κ2) is 12.7. The van der Waals surface area contributed by atoms with Crippen LogP contribution in [0.5, 0.6) is 11.5 Å². The Hall–Kier alpha value is -3.43. The molecular weight excluding hydrogens is 495 g/mol. The standard InChI is InChI=1S/C28H31FN2O5S/c1-34-14-5-12-30(28(33)20-6-3-7-21(29)16-20)18-27(32)31-13-10-26-24(11-15-37-26)25(31)19-36-23-9-4-8-22(17-23)35-2/h3-4,6-9,11,15-17,25H,5,10,12-14,18-19H2,1-2H3/t25-/m1/s1. The SMILES string of the molecule is COCCCN(CC(=O)N1CCc2sccc2[C@H]1COc1cccc(OC)c1)C(=O)c1cccc(F)c1. The van der Waals surface area contributed by atoms with Crippen molar-refractivity contribution in [2.75, 3.05) is 47.1 Å². The smallest absolute Gasteiger partial charge is 0.254 e. The van der Waals surface area contributed by atoms with Gasteiger partial charge in [0.05, 0.1) is 13.2 Å². The second-order valence-electron chi connectivity index (χ2n) is 8.73. The number of benzene rings is 2. The molecular formula is C28H31FN2O5S. The van der Waals surface area contributed by atoms with Crippen molar-refractivity contribution < 1.29 is 28.2 Å². The molecule has 1 aliphatic heterocycles. The summed E-state index contributed by atoms with van der Waals surface area (Å²) in [4.78, 5) is 31.4. The number of halogens is 1. The van der Waals surface area contributed by atoms with Gasteiger partial charge in [0.1, 0.15) is 30.5 Å². The summed E-state index contributed by atoms with van der Waals surface area (Å²) in [6.45, 7) is 1.44. The van der Waals surface area contributed by atoms with E-state index in [0.29, 0.717) is 37.6 Å². The van der Waals surface area contributed by atoms with Crippen molar-refractivity contribution in [1.29, 1.82) is 0 Å². The van der Waals surface area contributed by atoms with Crippen molar-refractivity contribution in [3.63, 3.8) is 0 Å². The van der Waals surface area contributed by atoms with Crippen LogP contribution in [0.4, 0.5) is 4.39 Å². The number of hydrogen-bond acceptors (Lipinski definition) is 6. The van der Waals surface area contributed by atoms with Crippen LogP contribution in [0.3, 0.4) is 0 Å². The van der Waals surface area contributed by atoms with Crippen LogP contribution < -0.4 is 9.47 Å². The maximum atomic E-state index is 13.8. The molecule has 1 atom stereocenters. The summed E-state index contributed by atoms with van der Waals surface area (Å²) < 4.78 is 30.3. The molecule has 0 aliphatic carbocycles. The summed E-state index contributed by atoms with van der Waals surface area (Å²) in [5.74, 6) is 0.272. The van der Waals surface area contributed by atoms with Gasteiger partial charge in [-0.2, -0.15) is 0 Å². The summed E-state index contributed by atoms with van der Waals surface area (Å²) >= 11 is 1.67. The minimum Gasteiger partial charge on any atom is -0.497 e. The lowest BCUT2D eigenvalue weighted by atomic mass is 10.0. The molecule has 1 aromatic heterocycles. The van der Waals surface area contributed by atoms with Gasteiger partial charge in [0, 0.05) is 43.3 Å². The number of thiophene rings is 1. The van der Waals surface area contributed by atoms with E-state index in [1.807, 2.05) is 29.6 Å². The third kappa shape index (κ3) is 6.67. The number of fused-ring (bicyclic) bond motifs is 1. The Morgan fingerprint density at radius 2 is 1.92 bits per heavy atom. The molecule has 0 spiro atoms. The van der Waals surface area contributed by atoms with Gasteiger partial charge in [-0.3, -0.25) is 9.59 Å². The van der Waals surface area contributed by atoms with Crippen molar-refractivity contribution >= 4 is 23.2 Å². The Labute approximate surface area is 220 Å². The highest BCUT2D eigenvalue weighted by Crippen LogP contribution is 2.34. The third-order valence-electron chi connectivity index (χ3n) is 6.33. The zero-order chi connectivity index (χ0) is 26.2. The van der Waals surface area contributed by atoms with Gasteiger partial charge in [0.25, 0.3) is 5.91 Å². The lowest BCUT2D eigenvalue weighted by Crippen LogP contribution is -2.48. The van der Waals surface area contributed by atoms with Gasteiger partial charge >= 0.3 is 0 Å². The zero-order valence-electron chi connectivity index (χ0n) is 21.0. The largest absolute Gasteiger partial charge is 0.497 e. The molecule has 7 nitrogen and oxygen atoms in total. The first-order valence-corrected chi connectivity index (χ1v) is 13.0. The van der Waals surface area contributed by atoms with Crippen LogP contribution in [0.15, 0.2) is 60.0 Å². The van der Waals surface area contributed by atoms with Crippen LogP contribution in [0.2, 0.25) is 0 Å². The van der Waals surface area contributed by atoms with Crippen molar-refractivity contribution in [2.45, 2.75) is 18.9 Å². The van der Waals surface area contributed by atoms with Crippen molar-refractivity contribution in [1.82, 2.24) is 9.80 Å². The molecule has 9 heteroatoms. The summed E-state index contributed by atoms with van der Waals surface area (Å²) in [5.41, 5.74) is 1.27. The number of methoxy groups -OCH3 is 2. The first-order valence-electron chi connectivity index (χ1n) is 12.2. The van der Waals surface area contributed by atoms with E-state index in [-0.39, 0.29) is 36.6 Å². The highest BCUT2D eigenvalue weighted by molar-refractivity contribution is 7.10. The molecule has 0 unspecified atom stereocenters. The number of amides is 2. The summed E-state index contributed by atoms with van der Waals surface area (Å²) in [5, 5.41) is 2.03. The molecule has 0 saturated heterocycles. The topological polar surface area (TPSA) is 68.3 Å². The molecule has 0 saturated carbocycles. The van der Waals surface area contributed by atoms with Gasteiger partial charge in [0.15, 0.2) is 0 Å². The molecule has 2 aromatic carbocycles. The average Bonchev–Trinajstić information content (AvgIpc) is 3.40. The van der Waals surface area contributed by atoms with Gasteiger partial charge in [-0.05, 0) is 60.2 Å². The number of nitrogens with zero attached hydrogens (tertiary/aromatic N) is 2. The van der Waals surface area contributed by atoms with E-state index in [4.69, 9.17) is 14.2 Å². The lowest BCUT2D eigenvalue weighted by Gasteiger charge is -2.37. The fourth-order valence-corrected chi connectivity index (χ4v) is 5.38. The monoisotopic (exact) mass is 526 g/mol. The van der Waals surface area contributed by atoms with E-state index in [0.717, 1.165) is 12.0 Å². The second-order valence-corrected chi connectivity index (χ2v) is 9.73. The minimum absolute atomic E-state index is 0.117. The quantitative estimate of drug-likeness (QED) is 0.342. The Bertz CT molecular complexity index is 1220. The fraction of sp³-hybridized carbons (Fsp3) is 0.357. The molecule has 4 rings (SSSR count). The number of carbonyl (C=O) groups is 2. The number of hydrogen-bond donors (Lipinski definition) is 0. The molecule has 0 fully saturated rings. The van der Waals surface area contributed by atoms with Gasteiger partial charge in [-0.25, -0.2) is 4.39 Å². The van der Waals surface area contributed by atoms with Crippen molar-refractivity contribution in [3.05, 3.63) is 81.8 Å². The number of carbonyl (C=O) groups excluding carboxylic acids is 2. The summed E-state index contributed by atoms with van der Waals surface area (Å²) in [6.07, 6.45) is 1.30. The van der Waals surface area contributed by atoms with E-state index in [1.54, 1.807) is 42.6 Å². The average molecular weight is 527 g/mol. The molecule has 0 N–H and O–H groups in total. The molecule has 3 aromatic rings. The van der Waals surface area contributed by atoms with Gasteiger partial charge in [-0.15, -0.1) is 11.3 Å². The minimum atomic E-state index is -0.496. The van der Waals surface area contributed by atoms with Crippen LogP contribution in [-0.2, 0) is 16.0 Å². The number of ether oxygens (including phenoxy) is 3. The van der Waals surface area contributed by atoms with Gasteiger partial charge in [-0.1, -0.05) is 12.1 Å². The van der Waals surface area contributed by atoms with E-state index < -0.39 is 5.82 Å². The van der Waals surface area contributed by atoms with Crippen LogP contribution in [-0.4, -0.2) is 68.7 Å². The Balaban J connectivity index is 1.52. The lowest BCUT2D eigenvalue weighted by molar-refractivity contribution is -0.135. The van der Waals surface area contributed by atoms with E-state index in [1.165, 1.54) is 28.0 Å². The Morgan fingerprint density at radius 1 is 1.11 bits per heavy atom. The van der Waals surface area contributed by atoms with Crippen LogP contribution >= 0.6 is 11.3 Å². The summed E-state index contributed by atoms with van der Waals surface area (Å²) in [7, 11) is 3.19. The molecule has 37 heavy (non-hydrogen) atoms. The summed E-state index contributed by atoms with van der Waals surface area (Å²) in [6, 6.07) is 14.6. The van der Waals surface area contributed by atoms with Gasteiger partial charge < -0.3 is 24.0 Å². The van der Waals surface area contributed by atoms with Crippen LogP contribution in [0, 0.1) is 5.82 Å². The molecule has 2 heterocycles. The van der Waals surface area contributed by atoms with E-state index >= 15 is 0 Å². The highest BCUT2D eigenvalue weighted by atomic mass is 32.1. The Morgan fingerprint density at radius 3 is 2.70 bits per heavy atom. The molecule has 1 aliphatic rings. The predicted molar refractivity (Wildman–Crippen MR) is 140 cm³/mol. The first kappa shape index (κ1) is 26.6. The Kier molecular flexibility index (Phi) is 9.14. The predicted octanol–water partition coefficient (Wildman–Crippen LogP) is 4.58. The van der Waals surface area contributed by atoms with Crippen LogP contribution in [0.25, 0.3) is 0 Å². The number of rotatable bonds is 11. The van der Waals surface area contributed by atoms with Crippen molar-refractivity contribution in [2.24, 2.45) is 0 Å². The van der Waals surface area contributed by atoms with Crippen molar-refractivity contribution in [3.8, 4) is 11.5 Å². The maximum absolute atomic E-state index is 13.8. The fourth-order valence-electron chi connectivity index (χ4n) is 4.45. The van der Waals surface area contributed by atoms with Gasteiger partial charge in [0.2, 0.25) is 5.91 Å². The van der Waals surface area contributed by atoms with E-state index in [2.05, 4.69) is 0 Å². The normalized spacial score (nSPS) is 14.7. The molecule has 2 amide bonds. The molecule has 0 bridgehead atoms. The first-order chi connectivity index (χ1) is 18.0.